The Labute approximate surface area is 312 Å². The molecule has 3 nitrogen and oxygen atoms in total. The molecule has 0 bridgehead atoms. The van der Waals surface area contributed by atoms with Crippen LogP contribution in [0.3, 0.4) is 0 Å². The molecule has 3 aromatic heterocycles. The molecule has 1 aliphatic carbocycles. The Bertz CT molecular complexity index is 3270. The second-order valence-corrected chi connectivity index (χ2v) is 14.8. The fourth-order valence-electron chi connectivity index (χ4n) is 9.52. The summed E-state index contributed by atoms with van der Waals surface area (Å²) in [7, 11) is 0. The molecule has 0 saturated heterocycles. The summed E-state index contributed by atoms with van der Waals surface area (Å²) in [5, 5.41) is 8.88. The van der Waals surface area contributed by atoms with Gasteiger partial charge in [-0.05, 0) is 87.3 Å². The average molecular weight is 688 g/mol. The van der Waals surface area contributed by atoms with Crippen molar-refractivity contribution in [2.24, 2.45) is 0 Å². The van der Waals surface area contributed by atoms with Gasteiger partial charge in [-0.25, -0.2) is 9.97 Å². The first kappa shape index (κ1) is 29.7. The lowest BCUT2D eigenvalue weighted by Gasteiger charge is -2.22. The molecule has 3 heteroatoms. The van der Waals surface area contributed by atoms with E-state index in [1.807, 2.05) is 0 Å². The van der Waals surface area contributed by atoms with E-state index in [0.717, 1.165) is 40.8 Å². The largest absolute Gasteiger partial charge is 0.308 e. The maximum Gasteiger partial charge on any atom is 0.160 e. The fraction of sp³-hybridized carbons (Fsp3) is 0.0588. The number of aryl methyl sites for hydroxylation is 1. The van der Waals surface area contributed by atoms with Crippen LogP contribution < -0.4 is 0 Å². The van der Waals surface area contributed by atoms with E-state index in [1.165, 1.54) is 82.2 Å². The highest BCUT2D eigenvalue weighted by Crippen LogP contribution is 2.52. The zero-order valence-electron chi connectivity index (χ0n) is 29.5. The van der Waals surface area contributed by atoms with Gasteiger partial charge in [0.1, 0.15) is 0 Å². The summed E-state index contributed by atoms with van der Waals surface area (Å²) in [6.45, 7) is 0. The second kappa shape index (κ2) is 11.3. The number of benzene rings is 8. The van der Waals surface area contributed by atoms with Gasteiger partial charge in [-0.3, -0.25) is 0 Å². The Kier molecular flexibility index (Phi) is 6.23. The zero-order chi connectivity index (χ0) is 35.3. The Morgan fingerprint density at radius 3 is 2.04 bits per heavy atom. The lowest BCUT2D eigenvalue weighted by Crippen LogP contribution is -2.08. The summed E-state index contributed by atoms with van der Waals surface area (Å²) in [6.07, 6.45) is 1.91. The van der Waals surface area contributed by atoms with Crippen molar-refractivity contribution in [1.82, 2.24) is 14.4 Å². The summed E-state index contributed by atoms with van der Waals surface area (Å²) in [5.74, 6) is 0.801. The summed E-state index contributed by atoms with van der Waals surface area (Å²) in [5.41, 5.74) is 14.7. The van der Waals surface area contributed by atoms with Crippen LogP contribution in [0.25, 0.3) is 93.4 Å². The van der Waals surface area contributed by atoms with Crippen molar-refractivity contribution in [1.29, 1.82) is 0 Å². The van der Waals surface area contributed by atoms with Crippen molar-refractivity contribution < 1.29 is 0 Å². The number of nitrogens with zero attached hydrogens (tertiary/aromatic N) is 3. The van der Waals surface area contributed by atoms with Crippen LogP contribution in [-0.2, 0) is 6.42 Å². The fourth-order valence-corrected chi connectivity index (χ4v) is 9.52. The minimum Gasteiger partial charge on any atom is -0.308 e. The van der Waals surface area contributed by atoms with Gasteiger partial charge in [0.2, 0.25) is 0 Å². The molecule has 1 unspecified atom stereocenters. The Morgan fingerprint density at radius 1 is 0.481 bits per heavy atom. The average Bonchev–Trinajstić information content (AvgIpc) is 3.68. The lowest BCUT2D eigenvalue weighted by molar-refractivity contribution is 0.715. The summed E-state index contributed by atoms with van der Waals surface area (Å²) < 4.78 is 2.54. The minimum absolute atomic E-state index is 0.0333. The quantitative estimate of drug-likeness (QED) is 0.185. The molecule has 252 valence electrons. The summed E-state index contributed by atoms with van der Waals surface area (Å²) >= 11 is 0. The van der Waals surface area contributed by atoms with E-state index in [0.29, 0.717) is 0 Å². The van der Waals surface area contributed by atoms with Gasteiger partial charge in [-0.1, -0.05) is 140 Å². The third-order valence-electron chi connectivity index (χ3n) is 11.9. The first-order valence-electron chi connectivity index (χ1n) is 18.9. The minimum atomic E-state index is 0.0333. The van der Waals surface area contributed by atoms with Crippen molar-refractivity contribution in [2.45, 2.75) is 18.8 Å². The molecule has 0 N–H and O–H groups in total. The van der Waals surface area contributed by atoms with Gasteiger partial charge in [0, 0.05) is 38.4 Å². The maximum absolute atomic E-state index is 5.60. The van der Waals surface area contributed by atoms with E-state index in [2.05, 4.69) is 174 Å². The van der Waals surface area contributed by atoms with Gasteiger partial charge in [0.15, 0.2) is 5.82 Å². The molecule has 0 spiro atoms. The molecule has 0 radical (unpaired) electrons. The molecule has 0 fully saturated rings. The smallest absolute Gasteiger partial charge is 0.160 e. The predicted octanol–water partition coefficient (Wildman–Crippen LogP) is 13.0. The third kappa shape index (κ3) is 4.24. The molecule has 0 saturated carbocycles. The van der Waals surface area contributed by atoms with Crippen molar-refractivity contribution in [3.8, 4) is 33.6 Å². The second-order valence-electron chi connectivity index (χ2n) is 14.8. The summed E-state index contributed by atoms with van der Waals surface area (Å²) in [4.78, 5) is 10.8. The Balaban J connectivity index is 1.19. The molecule has 8 aromatic carbocycles. The van der Waals surface area contributed by atoms with Gasteiger partial charge < -0.3 is 4.40 Å². The molecular weight excluding hydrogens is 655 g/mol. The van der Waals surface area contributed by atoms with Gasteiger partial charge in [0.25, 0.3) is 0 Å². The number of rotatable bonds is 3. The summed E-state index contributed by atoms with van der Waals surface area (Å²) in [6, 6.07) is 62.0. The molecule has 54 heavy (non-hydrogen) atoms. The van der Waals surface area contributed by atoms with E-state index < -0.39 is 0 Å². The van der Waals surface area contributed by atoms with Gasteiger partial charge >= 0.3 is 0 Å². The normalized spacial score (nSPS) is 14.3. The van der Waals surface area contributed by atoms with Crippen LogP contribution in [-0.4, -0.2) is 14.4 Å². The SMILES string of the molecule is c1ccc(-c2ccc(-c3nc(C4CCc5ccccc5-c5cc6c7ccccc7n7c8cc9ccccc9cc8c(c54)c67)c4ccccc4n3)cc2)cc1. The van der Waals surface area contributed by atoms with Crippen molar-refractivity contribution >= 4 is 59.8 Å². The van der Waals surface area contributed by atoms with Crippen molar-refractivity contribution in [3.05, 3.63) is 187 Å². The van der Waals surface area contributed by atoms with E-state index in [9.17, 15) is 0 Å². The Hall–Kier alpha value is -6.84. The van der Waals surface area contributed by atoms with Crippen LogP contribution in [0, 0.1) is 0 Å². The van der Waals surface area contributed by atoms with Crippen LogP contribution in [0.15, 0.2) is 170 Å². The standard InChI is InChI=1S/C51H33N3/c1-2-12-31(13-3-1)32-22-24-34(25-23-32)51-52-44-20-10-8-19-39(44)49(53-51)40-27-26-33-14-6-7-17-37(33)41-30-42-38-18-9-11-21-45(38)54-46-29-36-16-5-4-15-35(36)28-43(46)48(47(40)41)50(42)54/h1-25,28-30,40H,26-27H2. The van der Waals surface area contributed by atoms with Gasteiger partial charge in [0.05, 0.1) is 27.8 Å². The van der Waals surface area contributed by atoms with Crippen LogP contribution in [0.4, 0.5) is 0 Å². The lowest BCUT2D eigenvalue weighted by atomic mass is 9.83. The van der Waals surface area contributed by atoms with Crippen LogP contribution in [0.1, 0.15) is 29.2 Å². The number of aromatic nitrogens is 3. The third-order valence-corrected chi connectivity index (χ3v) is 11.9. The molecule has 1 atom stereocenters. The molecule has 12 rings (SSSR count). The topological polar surface area (TPSA) is 30.2 Å². The first-order chi connectivity index (χ1) is 26.8. The van der Waals surface area contributed by atoms with Gasteiger partial charge in [-0.15, -0.1) is 0 Å². The monoisotopic (exact) mass is 687 g/mol. The molecule has 11 aromatic rings. The van der Waals surface area contributed by atoms with E-state index >= 15 is 0 Å². The number of hydrogen-bond donors (Lipinski definition) is 0. The van der Waals surface area contributed by atoms with E-state index in [4.69, 9.17) is 9.97 Å². The highest BCUT2D eigenvalue weighted by Gasteiger charge is 2.32. The van der Waals surface area contributed by atoms with Crippen LogP contribution >= 0.6 is 0 Å². The predicted molar refractivity (Wildman–Crippen MR) is 225 cm³/mol. The molecule has 0 amide bonds. The number of hydrogen-bond acceptors (Lipinski definition) is 2. The number of fused-ring (bicyclic) bond motifs is 12. The molecule has 3 heterocycles. The first-order valence-corrected chi connectivity index (χ1v) is 18.9. The van der Waals surface area contributed by atoms with Crippen molar-refractivity contribution in [3.63, 3.8) is 0 Å². The van der Waals surface area contributed by atoms with Gasteiger partial charge in [-0.2, -0.15) is 0 Å². The zero-order valence-corrected chi connectivity index (χ0v) is 29.5. The molecular formula is C51H33N3. The highest BCUT2D eigenvalue weighted by molar-refractivity contribution is 6.27. The Morgan fingerprint density at radius 2 is 1.17 bits per heavy atom. The molecule has 0 aliphatic heterocycles. The van der Waals surface area contributed by atoms with Crippen LogP contribution in [0.5, 0.6) is 0 Å². The number of para-hydroxylation sites is 2. The van der Waals surface area contributed by atoms with Crippen LogP contribution in [0.2, 0.25) is 0 Å². The van der Waals surface area contributed by atoms with Crippen molar-refractivity contribution in [2.75, 3.05) is 0 Å². The molecule has 1 aliphatic rings. The highest BCUT2D eigenvalue weighted by atomic mass is 14.9. The maximum atomic E-state index is 5.60. The van der Waals surface area contributed by atoms with E-state index in [-0.39, 0.29) is 5.92 Å². The van der Waals surface area contributed by atoms with E-state index in [1.54, 1.807) is 0 Å².